The second kappa shape index (κ2) is 8.50. The SMILES string of the molecule is CNC(=O)CN(C)c1ccccc1CNCCOC. The third kappa shape index (κ3) is 5.28. The van der Waals surface area contributed by atoms with Crippen molar-refractivity contribution in [1.29, 1.82) is 0 Å². The number of benzene rings is 1. The van der Waals surface area contributed by atoms with Crippen molar-refractivity contribution >= 4 is 11.6 Å². The number of ether oxygens (including phenoxy) is 1. The van der Waals surface area contributed by atoms with Crippen molar-refractivity contribution in [3.63, 3.8) is 0 Å². The summed E-state index contributed by atoms with van der Waals surface area (Å²) in [7, 11) is 5.25. The van der Waals surface area contributed by atoms with Crippen molar-refractivity contribution in [2.45, 2.75) is 6.54 Å². The van der Waals surface area contributed by atoms with Crippen molar-refractivity contribution < 1.29 is 9.53 Å². The smallest absolute Gasteiger partial charge is 0.239 e. The van der Waals surface area contributed by atoms with Crippen LogP contribution in [0.4, 0.5) is 5.69 Å². The predicted molar refractivity (Wildman–Crippen MR) is 77.4 cm³/mol. The van der Waals surface area contributed by atoms with Gasteiger partial charge in [-0.25, -0.2) is 0 Å². The zero-order chi connectivity index (χ0) is 14.1. The lowest BCUT2D eigenvalue weighted by atomic mass is 10.1. The maximum absolute atomic E-state index is 11.4. The largest absolute Gasteiger partial charge is 0.383 e. The Hall–Kier alpha value is -1.59. The summed E-state index contributed by atoms with van der Waals surface area (Å²) in [6, 6.07) is 8.07. The molecule has 0 aromatic heterocycles. The average Bonchev–Trinajstić information content (AvgIpc) is 2.43. The molecular formula is C14H23N3O2. The first-order valence-corrected chi connectivity index (χ1v) is 6.38. The minimum atomic E-state index is 0.00430. The number of carbonyl (C=O) groups is 1. The number of hydrogen-bond donors (Lipinski definition) is 2. The first-order valence-electron chi connectivity index (χ1n) is 6.38. The third-order valence-corrected chi connectivity index (χ3v) is 2.86. The fourth-order valence-electron chi connectivity index (χ4n) is 1.81. The molecule has 0 heterocycles. The second-order valence-corrected chi connectivity index (χ2v) is 4.33. The second-order valence-electron chi connectivity index (χ2n) is 4.33. The average molecular weight is 265 g/mol. The van der Waals surface area contributed by atoms with Gasteiger partial charge in [-0.1, -0.05) is 18.2 Å². The van der Waals surface area contributed by atoms with E-state index in [1.807, 2.05) is 30.1 Å². The van der Waals surface area contributed by atoms with E-state index in [9.17, 15) is 4.79 Å². The van der Waals surface area contributed by atoms with Gasteiger partial charge in [0, 0.05) is 40.0 Å². The number of anilines is 1. The van der Waals surface area contributed by atoms with Crippen LogP contribution >= 0.6 is 0 Å². The molecule has 5 heteroatoms. The van der Waals surface area contributed by atoms with Gasteiger partial charge in [-0.15, -0.1) is 0 Å². The Bertz CT molecular complexity index is 396. The number of rotatable bonds is 8. The number of nitrogens with one attached hydrogen (secondary N) is 2. The van der Waals surface area contributed by atoms with E-state index in [2.05, 4.69) is 16.7 Å². The van der Waals surface area contributed by atoms with Gasteiger partial charge >= 0.3 is 0 Å². The van der Waals surface area contributed by atoms with Crippen molar-refractivity contribution in [1.82, 2.24) is 10.6 Å². The van der Waals surface area contributed by atoms with Gasteiger partial charge in [0.25, 0.3) is 0 Å². The Morgan fingerprint density at radius 2 is 2.11 bits per heavy atom. The maximum Gasteiger partial charge on any atom is 0.239 e. The maximum atomic E-state index is 11.4. The van der Waals surface area contributed by atoms with Gasteiger partial charge in [0.15, 0.2) is 0 Å². The quantitative estimate of drug-likeness (QED) is 0.676. The Morgan fingerprint density at radius 1 is 1.37 bits per heavy atom. The van der Waals surface area contributed by atoms with E-state index >= 15 is 0 Å². The molecule has 106 valence electrons. The van der Waals surface area contributed by atoms with Crippen molar-refractivity contribution in [2.75, 3.05) is 45.8 Å². The van der Waals surface area contributed by atoms with Crippen LogP contribution in [-0.4, -0.2) is 46.8 Å². The molecule has 1 aromatic rings. The lowest BCUT2D eigenvalue weighted by Crippen LogP contribution is -2.33. The highest BCUT2D eigenvalue weighted by molar-refractivity contribution is 5.81. The summed E-state index contributed by atoms with van der Waals surface area (Å²) in [6.07, 6.45) is 0. The van der Waals surface area contributed by atoms with E-state index in [-0.39, 0.29) is 5.91 Å². The number of carbonyl (C=O) groups excluding carboxylic acids is 1. The van der Waals surface area contributed by atoms with Gasteiger partial charge in [-0.05, 0) is 11.6 Å². The lowest BCUT2D eigenvalue weighted by Gasteiger charge is -2.21. The summed E-state index contributed by atoms with van der Waals surface area (Å²) in [5, 5.41) is 5.95. The molecule has 0 saturated heterocycles. The minimum absolute atomic E-state index is 0.00430. The fraction of sp³-hybridized carbons (Fsp3) is 0.500. The van der Waals surface area contributed by atoms with Crippen LogP contribution in [0.25, 0.3) is 0 Å². The van der Waals surface area contributed by atoms with Crippen LogP contribution in [0.5, 0.6) is 0 Å². The van der Waals surface area contributed by atoms with E-state index in [1.165, 1.54) is 5.56 Å². The number of para-hydroxylation sites is 1. The van der Waals surface area contributed by atoms with Gasteiger partial charge in [0.05, 0.1) is 13.2 Å². The van der Waals surface area contributed by atoms with Gasteiger partial charge in [0.1, 0.15) is 0 Å². The summed E-state index contributed by atoms with van der Waals surface area (Å²) >= 11 is 0. The summed E-state index contributed by atoms with van der Waals surface area (Å²) in [6.45, 7) is 2.61. The zero-order valence-corrected chi connectivity index (χ0v) is 11.9. The third-order valence-electron chi connectivity index (χ3n) is 2.86. The first kappa shape index (κ1) is 15.5. The van der Waals surface area contributed by atoms with Crippen LogP contribution in [0.2, 0.25) is 0 Å². The number of likely N-dealkylation sites (N-methyl/N-ethyl adjacent to an activating group) is 2. The normalized spacial score (nSPS) is 10.3. The highest BCUT2D eigenvalue weighted by atomic mass is 16.5. The molecule has 0 fully saturated rings. The van der Waals surface area contributed by atoms with Crippen LogP contribution in [0, 0.1) is 0 Å². The van der Waals surface area contributed by atoms with E-state index in [0.717, 1.165) is 18.8 Å². The van der Waals surface area contributed by atoms with Crippen LogP contribution in [0.3, 0.4) is 0 Å². The molecule has 0 unspecified atom stereocenters. The Balaban J connectivity index is 2.63. The molecule has 0 radical (unpaired) electrons. The number of methoxy groups -OCH3 is 1. The molecule has 0 bridgehead atoms. The molecule has 0 saturated carbocycles. The van der Waals surface area contributed by atoms with Crippen LogP contribution in [0.1, 0.15) is 5.56 Å². The van der Waals surface area contributed by atoms with Crippen molar-refractivity contribution in [3.8, 4) is 0 Å². The van der Waals surface area contributed by atoms with E-state index in [1.54, 1.807) is 14.2 Å². The molecule has 1 rings (SSSR count). The number of amides is 1. The van der Waals surface area contributed by atoms with Gasteiger partial charge in [-0.3, -0.25) is 4.79 Å². The molecule has 2 N–H and O–H groups in total. The molecular weight excluding hydrogens is 242 g/mol. The van der Waals surface area contributed by atoms with Gasteiger partial charge in [0.2, 0.25) is 5.91 Å². The molecule has 0 aliphatic carbocycles. The molecule has 0 spiro atoms. The predicted octanol–water partition coefficient (Wildman–Crippen LogP) is 0.605. The minimum Gasteiger partial charge on any atom is -0.383 e. The van der Waals surface area contributed by atoms with Crippen LogP contribution in [-0.2, 0) is 16.1 Å². The van der Waals surface area contributed by atoms with Crippen molar-refractivity contribution in [2.24, 2.45) is 0 Å². The summed E-state index contributed by atoms with van der Waals surface area (Å²) in [5.74, 6) is 0.00430. The number of nitrogens with zero attached hydrogens (tertiary/aromatic N) is 1. The van der Waals surface area contributed by atoms with E-state index in [4.69, 9.17) is 4.74 Å². The molecule has 5 nitrogen and oxygen atoms in total. The molecule has 1 amide bonds. The monoisotopic (exact) mass is 265 g/mol. The molecule has 19 heavy (non-hydrogen) atoms. The van der Waals surface area contributed by atoms with E-state index < -0.39 is 0 Å². The topological polar surface area (TPSA) is 53.6 Å². The van der Waals surface area contributed by atoms with Crippen LogP contribution in [0.15, 0.2) is 24.3 Å². The molecule has 0 aliphatic rings. The lowest BCUT2D eigenvalue weighted by molar-refractivity contribution is -0.119. The van der Waals surface area contributed by atoms with Crippen LogP contribution < -0.4 is 15.5 Å². The Kier molecular flexibility index (Phi) is 6.92. The van der Waals surface area contributed by atoms with Crippen molar-refractivity contribution in [3.05, 3.63) is 29.8 Å². The standard InChI is InChI=1S/C14H23N3O2/c1-15-14(18)11-17(2)13-7-5-4-6-12(13)10-16-8-9-19-3/h4-7,16H,8-11H2,1-3H3,(H,15,18). The summed E-state index contributed by atoms with van der Waals surface area (Å²) < 4.78 is 5.00. The summed E-state index contributed by atoms with van der Waals surface area (Å²) in [5.41, 5.74) is 2.24. The Morgan fingerprint density at radius 3 is 2.79 bits per heavy atom. The van der Waals surface area contributed by atoms with E-state index in [0.29, 0.717) is 13.2 Å². The van der Waals surface area contributed by atoms with Gasteiger partial charge < -0.3 is 20.3 Å². The highest BCUT2D eigenvalue weighted by Gasteiger charge is 2.09. The number of hydrogen-bond acceptors (Lipinski definition) is 4. The fourth-order valence-corrected chi connectivity index (χ4v) is 1.81. The zero-order valence-electron chi connectivity index (χ0n) is 11.9. The first-order chi connectivity index (χ1) is 9.19. The highest BCUT2D eigenvalue weighted by Crippen LogP contribution is 2.18. The molecule has 1 aromatic carbocycles. The Labute approximate surface area is 114 Å². The molecule has 0 aliphatic heterocycles. The van der Waals surface area contributed by atoms with Gasteiger partial charge in [-0.2, -0.15) is 0 Å². The summed E-state index contributed by atoms with van der Waals surface area (Å²) in [4.78, 5) is 13.4. The molecule has 0 atom stereocenters.